The van der Waals surface area contributed by atoms with Crippen LogP contribution < -0.4 is 16.0 Å². The summed E-state index contributed by atoms with van der Waals surface area (Å²) >= 11 is 4.00. The Morgan fingerprint density at radius 1 is 1.44 bits per heavy atom. The van der Waals surface area contributed by atoms with E-state index in [9.17, 15) is 0 Å². The van der Waals surface area contributed by atoms with Crippen LogP contribution in [0.5, 0.6) is 5.75 Å². The third-order valence-corrected chi connectivity index (χ3v) is 5.81. The van der Waals surface area contributed by atoms with Crippen LogP contribution in [0.25, 0.3) is 0 Å². The maximum atomic E-state index is 5.77. The largest absolute Gasteiger partial charge is 0.494 e. The number of hydrogen-bond donors (Lipinski definition) is 2. The number of nitrogens with two attached hydrogens (primary N) is 1. The minimum Gasteiger partial charge on any atom is -0.494 e. The van der Waals surface area contributed by atoms with E-state index in [2.05, 4.69) is 11.5 Å². The molecule has 100 valence electrons. The highest BCUT2D eigenvalue weighted by atomic mass is 32.2. The van der Waals surface area contributed by atoms with Crippen LogP contribution in [-0.4, -0.2) is 29.1 Å². The Kier molecular flexibility index (Phi) is 5.69. The van der Waals surface area contributed by atoms with Crippen LogP contribution in [0, 0.1) is 0 Å². The Morgan fingerprint density at radius 3 is 2.94 bits per heavy atom. The summed E-state index contributed by atoms with van der Waals surface area (Å²) < 4.78 is 5.70. The summed E-state index contributed by atoms with van der Waals surface area (Å²) in [5.41, 5.74) is 4.14. The van der Waals surface area contributed by atoms with Gasteiger partial charge in [0.05, 0.1) is 12.6 Å². The van der Waals surface area contributed by atoms with Gasteiger partial charge in [0.15, 0.2) is 0 Å². The van der Waals surface area contributed by atoms with Crippen LogP contribution in [0.2, 0.25) is 0 Å². The van der Waals surface area contributed by atoms with E-state index in [-0.39, 0.29) is 6.04 Å². The van der Waals surface area contributed by atoms with Crippen molar-refractivity contribution < 1.29 is 4.74 Å². The summed E-state index contributed by atoms with van der Waals surface area (Å²) in [6.07, 6.45) is 0. The summed E-state index contributed by atoms with van der Waals surface area (Å²) in [7, 11) is 0. The van der Waals surface area contributed by atoms with Gasteiger partial charge in [-0.05, 0) is 13.0 Å². The van der Waals surface area contributed by atoms with Gasteiger partial charge in [-0.15, -0.1) is 0 Å². The first-order valence-electron chi connectivity index (χ1n) is 6.24. The summed E-state index contributed by atoms with van der Waals surface area (Å²) in [5, 5.41) is 0.510. The zero-order valence-electron chi connectivity index (χ0n) is 10.6. The molecule has 1 aliphatic rings. The van der Waals surface area contributed by atoms with Gasteiger partial charge < -0.3 is 4.74 Å². The number of hydrazine groups is 1. The van der Waals surface area contributed by atoms with Crippen molar-refractivity contribution in [3.05, 3.63) is 29.8 Å². The van der Waals surface area contributed by atoms with Crippen molar-refractivity contribution in [3.8, 4) is 5.75 Å². The normalized spacial score (nSPS) is 21.6. The molecular formula is C13H20N2OS2. The molecule has 1 aromatic rings. The van der Waals surface area contributed by atoms with Crippen LogP contribution in [0.1, 0.15) is 18.5 Å². The quantitative estimate of drug-likeness (QED) is 0.642. The summed E-state index contributed by atoms with van der Waals surface area (Å²) in [6.45, 7) is 2.69. The first-order valence-corrected chi connectivity index (χ1v) is 8.44. The maximum Gasteiger partial charge on any atom is 0.124 e. The Balaban J connectivity index is 2.20. The van der Waals surface area contributed by atoms with Crippen LogP contribution >= 0.6 is 23.5 Å². The van der Waals surface area contributed by atoms with E-state index in [1.54, 1.807) is 0 Å². The second kappa shape index (κ2) is 7.28. The minimum absolute atomic E-state index is 0.158. The van der Waals surface area contributed by atoms with Gasteiger partial charge in [-0.1, -0.05) is 18.2 Å². The fourth-order valence-corrected chi connectivity index (χ4v) is 4.96. The van der Waals surface area contributed by atoms with Gasteiger partial charge in [-0.3, -0.25) is 11.3 Å². The maximum absolute atomic E-state index is 5.77. The SMILES string of the molecule is CCOc1ccccc1C(NN)C1CSCCS1. The summed E-state index contributed by atoms with van der Waals surface area (Å²) in [6, 6.07) is 8.33. The van der Waals surface area contributed by atoms with Gasteiger partial charge in [0.1, 0.15) is 5.75 Å². The third-order valence-electron chi connectivity index (χ3n) is 2.95. The van der Waals surface area contributed by atoms with Crippen LogP contribution in [0.4, 0.5) is 0 Å². The van der Waals surface area contributed by atoms with Crippen molar-refractivity contribution in [3.63, 3.8) is 0 Å². The van der Waals surface area contributed by atoms with Crippen molar-refractivity contribution in [2.24, 2.45) is 5.84 Å². The second-order valence-electron chi connectivity index (χ2n) is 4.10. The highest BCUT2D eigenvalue weighted by Crippen LogP contribution is 2.36. The zero-order chi connectivity index (χ0) is 12.8. The van der Waals surface area contributed by atoms with E-state index in [0.717, 1.165) is 11.5 Å². The van der Waals surface area contributed by atoms with Gasteiger partial charge in [0.25, 0.3) is 0 Å². The van der Waals surface area contributed by atoms with Gasteiger partial charge >= 0.3 is 0 Å². The van der Waals surface area contributed by atoms with E-state index in [1.165, 1.54) is 17.1 Å². The topological polar surface area (TPSA) is 47.3 Å². The molecule has 0 spiro atoms. The average Bonchev–Trinajstić information content (AvgIpc) is 2.43. The number of ether oxygens (including phenoxy) is 1. The number of para-hydroxylation sites is 1. The first kappa shape index (κ1) is 14.1. The Bertz CT molecular complexity index is 370. The van der Waals surface area contributed by atoms with E-state index >= 15 is 0 Å². The molecule has 3 N–H and O–H groups in total. The van der Waals surface area contributed by atoms with Crippen LogP contribution in [0.15, 0.2) is 24.3 Å². The monoisotopic (exact) mass is 284 g/mol. The van der Waals surface area contributed by atoms with E-state index in [4.69, 9.17) is 10.6 Å². The van der Waals surface area contributed by atoms with Crippen LogP contribution in [0.3, 0.4) is 0 Å². The summed E-state index contributed by atoms with van der Waals surface area (Å²) in [4.78, 5) is 0. The van der Waals surface area contributed by atoms with Crippen molar-refractivity contribution in [1.29, 1.82) is 0 Å². The molecule has 0 saturated carbocycles. The fraction of sp³-hybridized carbons (Fsp3) is 0.538. The molecule has 2 rings (SSSR count). The molecule has 1 heterocycles. The Labute approximate surface area is 117 Å². The number of rotatable bonds is 5. The molecule has 2 unspecified atom stereocenters. The predicted molar refractivity (Wildman–Crippen MR) is 81.2 cm³/mol. The number of hydrogen-bond acceptors (Lipinski definition) is 5. The van der Waals surface area contributed by atoms with E-state index in [1.807, 2.05) is 48.6 Å². The number of benzene rings is 1. The van der Waals surface area contributed by atoms with Crippen molar-refractivity contribution >= 4 is 23.5 Å². The van der Waals surface area contributed by atoms with Gasteiger partial charge in [0, 0.05) is 28.1 Å². The lowest BCUT2D eigenvalue weighted by Crippen LogP contribution is -2.38. The molecule has 0 aliphatic carbocycles. The molecule has 3 nitrogen and oxygen atoms in total. The van der Waals surface area contributed by atoms with Crippen molar-refractivity contribution in [2.75, 3.05) is 23.9 Å². The zero-order valence-corrected chi connectivity index (χ0v) is 12.2. The Morgan fingerprint density at radius 2 is 2.28 bits per heavy atom. The van der Waals surface area contributed by atoms with E-state index in [0.29, 0.717) is 11.9 Å². The molecule has 1 aromatic carbocycles. The molecule has 0 aromatic heterocycles. The smallest absolute Gasteiger partial charge is 0.124 e. The standard InChI is InChI=1S/C13H20N2OS2/c1-2-16-11-6-4-3-5-10(11)13(15-14)12-9-17-7-8-18-12/h3-6,12-13,15H,2,7-9,14H2,1H3. The minimum atomic E-state index is 0.158. The average molecular weight is 284 g/mol. The molecule has 5 heteroatoms. The number of nitrogens with one attached hydrogen (secondary N) is 1. The lowest BCUT2D eigenvalue weighted by molar-refractivity contribution is 0.331. The molecule has 1 aliphatic heterocycles. The second-order valence-corrected chi connectivity index (χ2v) is 6.60. The highest BCUT2D eigenvalue weighted by Gasteiger charge is 2.27. The third kappa shape index (κ3) is 3.35. The molecule has 0 bridgehead atoms. The predicted octanol–water partition coefficient (Wildman–Crippen LogP) is 2.44. The van der Waals surface area contributed by atoms with Crippen molar-refractivity contribution in [2.45, 2.75) is 18.2 Å². The lowest BCUT2D eigenvalue weighted by atomic mass is 10.0. The molecule has 2 atom stereocenters. The highest BCUT2D eigenvalue weighted by molar-refractivity contribution is 8.06. The first-order chi connectivity index (χ1) is 8.86. The van der Waals surface area contributed by atoms with E-state index < -0.39 is 0 Å². The molecule has 18 heavy (non-hydrogen) atoms. The molecule has 0 amide bonds. The molecule has 1 saturated heterocycles. The fourth-order valence-electron chi connectivity index (χ4n) is 2.12. The molecule has 1 fully saturated rings. The Hall–Kier alpha value is -0.360. The van der Waals surface area contributed by atoms with Crippen molar-refractivity contribution in [1.82, 2.24) is 5.43 Å². The summed E-state index contributed by atoms with van der Waals surface area (Å²) in [5.74, 6) is 10.3. The van der Waals surface area contributed by atoms with Gasteiger partial charge in [-0.2, -0.15) is 23.5 Å². The van der Waals surface area contributed by atoms with Gasteiger partial charge in [0.2, 0.25) is 0 Å². The lowest BCUT2D eigenvalue weighted by Gasteiger charge is -2.30. The van der Waals surface area contributed by atoms with Gasteiger partial charge in [-0.25, -0.2) is 0 Å². The molecular weight excluding hydrogens is 264 g/mol. The molecule has 0 radical (unpaired) electrons. The van der Waals surface area contributed by atoms with Crippen LogP contribution in [-0.2, 0) is 0 Å². The number of thioether (sulfide) groups is 2.